The van der Waals surface area contributed by atoms with Crippen LogP contribution in [-0.4, -0.2) is 64.4 Å². The van der Waals surface area contributed by atoms with Crippen molar-refractivity contribution < 1.29 is 14.3 Å². The zero-order valence-electron chi connectivity index (χ0n) is 12.2. The van der Waals surface area contributed by atoms with Gasteiger partial charge in [0.15, 0.2) is 0 Å². The first-order valence-corrected chi connectivity index (χ1v) is 7.69. The fraction of sp³-hybridized carbons (Fsp3) is 0.615. The van der Waals surface area contributed by atoms with E-state index >= 15 is 0 Å². The zero-order chi connectivity index (χ0) is 15.4. The van der Waals surface area contributed by atoms with Crippen molar-refractivity contribution in [3.63, 3.8) is 0 Å². The van der Waals surface area contributed by atoms with E-state index in [9.17, 15) is 9.59 Å². The van der Waals surface area contributed by atoms with Crippen LogP contribution in [0.25, 0.3) is 0 Å². The lowest BCUT2D eigenvalue weighted by molar-refractivity contribution is -0.133. The van der Waals surface area contributed by atoms with E-state index in [-0.39, 0.29) is 18.5 Å². The molecule has 0 unspecified atom stereocenters. The molecule has 0 radical (unpaired) electrons. The van der Waals surface area contributed by atoms with Gasteiger partial charge in [0, 0.05) is 26.2 Å². The minimum absolute atomic E-state index is 0.0113. The Labute approximate surface area is 132 Å². The Balaban J connectivity index is 1.86. The summed E-state index contributed by atoms with van der Waals surface area (Å²) in [6, 6.07) is 0. The largest absolute Gasteiger partial charge is 0.450 e. The van der Waals surface area contributed by atoms with Crippen LogP contribution < -0.4 is 0 Å². The summed E-state index contributed by atoms with van der Waals surface area (Å²) < 4.78 is 7.52. The number of nitrogens with zero attached hydrogens (tertiary/aromatic N) is 4. The van der Waals surface area contributed by atoms with Crippen LogP contribution in [0.15, 0.2) is 10.7 Å². The highest BCUT2D eigenvalue weighted by Gasteiger charge is 2.25. The molecule has 1 fully saturated rings. The van der Waals surface area contributed by atoms with Crippen LogP contribution in [0.2, 0.25) is 0 Å². The van der Waals surface area contributed by atoms with Crippen LogP contribution in [-0.2, 0) is 16.1 Å². The van der Waals surface area contributed by atoms with Crippen molar-refractivity contribution in [1.82, 2.24) is 19.6 Å². The molecule has 1 aliphatic rings. The molecule has 7 nitrogen and oxygen atoms in total. The molecule has 1 aromatic rings. The molecule has 0 atom stereocenters. The molecule has 1 aliphatic heterocycles. The Morgan fingerprint density at radius 1 is 1.29 bits per heavy atom. The molecule has 2 amide bonds. The maximum Gasteiger partial charge on any atom is 0.409 e. The van der Waals surface area contributed by atoms with Gasteiger partial charge in [0.05, 0.1) is 23.0 Å². The number of carbonyl (C=O) groups excluding carboxylic acids is 2. The standard InChI is InChI=1S/C13H19BrN4O3/c1-3-21-13(20)17-6-4-16(5-7-17)12(19)9-18-10(2)11(14)8-15-18/h8H,3-7,9H2,1-2H3. The molecule has 0 spiro atoms. The fourth-order valence-electron chi connectivity index (χ4n) is 2.16. The van der Waals surface area contributed by atoms with E-state index in [1.165, 1.54) is 0 Å². The van der Waals surface area contributed by atoms with Gasteiger partial charge in [-0.2, -0.15) is 5.10 Å². The summed E-state index contributed by atoms with van der Waals surface area (Å²) in [5, 5.41) is 4.16. The highest BCUT2D eigenvalue weighted by molar-refractivity contribution is 9.10. The third-order valence-corrected chi connectivity index (χ3v) is 4.27. The van der Waals surface area contributed by atoms with E-state index in [0.717, 1.165) is 10.2 Å². The first kappa shape index (κ1) is 15.8. The monoisotopic (exact) mass is 358 g/mol. The Kier molecular flexibility index (Phi) is 5.22. The molecule has 1 aromatic heterocycles. The first-order chi connectivity index (χ1) is 10.0. The Bertz CT molecular complexity index is 523. The highest BCUT2D eigenvalue weighted by Crippen LogP contribution is 2.14. The van der Waals surface area contributed by atoms with Gasteiger partial charge in [-0.1, -0.05) is 0 Å². The molecular weight excluding hydrogens is 340 g/mol. The molecule has 0 aromatic carbocycles. The summed E-state index contributed by atoms with van der Waals surface area (Å²) in [5.74, 6) is 0.0113. The maximum absolute atomic E-state index is 12.2. The molecule has 0 saturated carbocycles. The zero-order valence-corrected chi connectivity index (χ0v) is 13.8. The predicted molar refractivity (Wildman–Crippen MR) is 79.8 cm³/mol. The number of hydrogen-bond acceptors (Lipinski definition) is 4. The number of amides is 2. The van der Waals surface area contributed by atoms with Crippen LogP contribution in [0.5, 0.6) is 0 Å². The number of rotatable bonds is 3. The van der Waals surface area contributed by atoms with Gasteiger partial charge in [0.1, 0.15) is 6.54 Å². The Morgan fingerprint density at radius 3 is 2.43 bits per heavy atom. The second-order valence-corrected chi connectivity index (χ2v) is 5.66. The van der Waals surface area contributed by atoms with Gasteiger partial charge in [-0.15, -0.1) is 0 Å². The van der Waals surface area contributed by atoms with E-state index in [1.807, 2.05) is 6.92 Å². The second kappa shape index (κ2) is 6.93. The summed E-state index contributed by atoms with van der Waals surface area (Å²) in [4.78, 5) is 27.2. The lowest BCUT2D eigenvalue weighted by Crippen LogP contribution is -2.51. The predicted octanol–water partition coefficient (Wildman–Crippen LogP) is 1.25. The molecular formula is C13H19BrN4O3. The van der Waals surface area contributed by atoms with Crippen LogP contribution in [0, 0.1) is 6.92 Å². The minimum atomic E-state index is -0.309. The third kappa shape index (κ3) is 3.75. The number of aromatic nitrogens is 2. The molecule has 2 heterocycles. The minimum Gasteiger partial charge on any atom is -0.450 e. The van der Waals surface area contributed by atoms with Gasteiger partial charge < -0.3 is 14.5 Å². The molecule has 1 saturated heterocycles. The van der Waals surface area contributed by atoms with E-state index in [1.54, 1.807) is 27.6 Å². The van der Waals surface area contributed by atoms with E-state index in [0.29, 0.717) is 32.8 Å². The van der Waals surface area contributed by atoms with Crippen LogP contribution in [0.1, 0.15) is 12.6 Å². The Hall–Kier alpha value is -1.57. The quantitative estimate of drug-likeness (QED) is 0.815. The average Bonchev–Trinajstić information content (AvgIpc) is 2.79. The summed E-state index contributed by atoms with van der Waals surface area (Å²) >= 11 is 3.37. The number of hydrogen-bond donors (Lipinski definition) is 0. The topological polar surface area (TPSA) is 67.7 Å². The van der Waals surface area contributed by atoms with E-state index in [4.69, 9.17) is 4.74 Å². The van der Waals surface area contributed by atoms with Gasteiger partial charge in [0.2, 0.25) is 5.91 Å². The molecule has 8 heteroatoms. The van der Waals surface area contributed by atoms with Crippen molar-refractivity contribution in [3.8, 4) is 0 Å². The summed E-state index contributed by atoms with van der Waals surface area (Å²) in [7, 11) is 0. The van der Waals surface area contributed by atoms with Gasteiger partial charge in [0.25, 0.3) is 0 Å². The first-order valence-electron chi connectivity index (χ1n) is 6.90. The highest BCUT2D eigenvalue weighted by atomic mass is 79.9. The maximum atomic E-state index is 12.2. The van der Waals surface area contributed by atoms with Crippen LogP contribution >= 0.6 is 15.9 Å². The van der Waals surface area contributed by atoms with E-state index in [2.05, 4.69) is 21.0 Å². The van der Waals surface area contributed by atoms with Crippen molar-refractivity contribution in [1.29, 1.82) is 0 Å². The summed E-state index contributed by atoms with van der Waals surface area (Å²) in [5.41, 5.74) is 0.925. The molecule has 0 N–H and O–H groups in total. The average molecular weight is 359 g/mol. The molecule has 0 bridgehead atoms. The second-order valence-electron chi connectivity index (χ2n) is 4.80. The fourth-order valence-corrected chi connectivity index (χ4v) is 2.46. The van der Waals surface area contributed by atoms with Crippen molar-refractivity contribution in [2.45, 2.75) is 20.4 Å². The van der Waals surface area contributed by atoms with Crippen LogP contribution in [0.4, 0.5) is 4.79 Å². The number of halogens is 1. The normalized spacial score (nSPS) is 15.2. The number of carbonyl (C=O) groups is 2. The van der Waals surface area contributed by atoms with Crippen molar-refractivity contribution in [2.75, 3.05) is 32.8 Å². The van der Waals surface area contributed by atoms with Crippen LogP contribution in [0.3, 0.4) is 0 Å². The Morgan fingerprint density at radius 2 is 1.90 bits per heavy atom. The lowest BCUT2D eigenvalue weighted by Gasteiger charge is -2.34. The van der Waals surface area contributed by atoms with Gasteiger partial charge in [-0.3, -0.25) is 9.48 Å². The molecule has 21 heavy (non-hydrogen) atoms. The third-order valence-electron chi connectivity index (χ3n) is 3.49. The number of ether oxygens (including phenoxy) is 1. The SMILES string of the molecule is CCOC(=O)N1CCN(C(=O)Cn2ncc(Br)c2C)CC1. The molecule has 0 aliphatic carbocycles. The number of piperazine rings is 1. The smallest absolute Gasteiger partial charge is 0.409 e. The summed E-state index contributed by atoms with van der Waals surface area (Å²) in [6.07, 6.45) is 1.37. The van der Waals surface area contributed by atoms with Crippen molar-refractivity contribution >= 4 is 27.9 Å². The van der Waals surface area contributed by atoms with Crippen molar-refractivity contribution in [2.24, 2.45) is 0 Å². The summed E-state index contributed by atoms with van der Waals surface area (Å²) in [6.45, 7) is 6.34. The van der Waals surface area contributed by atoms with Gasteiger partial charge >= 0.3 is 6.09 Å². The van der Waals surface area contributed by atoms with Crippen molar-refractivity contribution in [3.05, 3.63) is 16.4 Å². The van der Waals surface area contributed by atoms with E-state index < -0.39 is 0 Å². The molecule has 116 valence electrons. The van der Waals surface area contributed by atoms with Gasteiger partial charge in [-0.05, 0) is 29.8 Å². The van der Waals surface area contributed by atoms with Gasteiger partial charge in [-0.25, -0.2) is 4.79 Å². The lowest BCUT2D eigenvalue weighted by atomic mass is 10.3. The molecule has 2 rings (SSSR count).